The Labute approximate surface area is 77.7 Å². The molecule has 0 aliphatic carbocycles. The fraction of sp³-hybridized carbons (Fsp3) is 0.667. The van der Waals surface area contributed by atoms with Crippen molar-refractivity contribution >= 4 is 13.4 Å². The minimum absolute atomic E-state index is 0. The number of ether oxygens (including phenoxy) is 2. The van der Waals surface area contributed by atoms with Crippen molar-refractivity contribution in [3.05, 3.63) is 0 Å². The number of hydrogen-bond donors (Lipinski definition) is 0. The Morgan fingerprint density at radius 2 is 1.33 bits per heavy atom. The van der Waals surface area contributed by atoms with Gasteiger partial charge in [0.25, 0.3) is 0 Å². The van der Waals surface area contributed by atoms with Crippen LogP contribution in [0.25, 0.3) is 0 Å². The standard InChI is InChI=1S/C3H4O3.BF4.Li/c4-3-5-1-2-6-3;2-1(3,4)5;/h1-2H2;;/q;-1;+1. The number of rotatable bonds is 0. The van der Waals surface area contributed by atoms with E-state index >= 15 is 0 Å². The van der Waals surface area contributed by atoms with Crippen molar-refractivity contribution in [1.82, 2.24) is 0 Å². The van der Waals surface area contributed by atoms with Crippen LogP contribution in [-0.4, -0.2) is 26.6 Å². The molecule has 1 fully saturated rings. The molecule has 0 bridgehead atoms. The molecule has 0 aromatic heterocycles. The maximum Gasteiger partial charge on any atom is 1.00 e. The van der Waals surface area contributed by atoms with Crippen LogP contribution in [0.5, 0.6) is 0 Å². The molecule has 0 unspecified atom stereocenters. The van der Waals surface area contributed by atoms with Crippen molar-refractivity contribution in [2.24, 2.45) is 0 Å². The van der Waals surface area contributed by atoms with Gasteiger partial charge in [-0.05, 0) is 0 Å². The van der Waals surface area contributed by atoms with E-state index in [2.05, 4.69) is 9.47 Å². The summed E-state index contributed by atoms with van der Waals surface area (Å²) in [6.07, 6.45) is -0.546. The van der Waals surface area contributed by atoms with Crippen molar-refractivity contribution in [3.63, 3.8) is 0 Å². The van der Waals surface area contributed by atoms with Gasteiger partial charge in [0, 0.05) is 0 Å². The Hall–Kier alpha value is -0.348. The summed E-state index contributed by atoms with van der Waals surface area (Å²) in [4.78, 5) is 9.80. The van der Waals surface area contributed by atoms with Crippen LogP contribution in [0.4, 0.5) is 22.1 Å². The van der Waals surface area contributed by atoms with Crippen LogP contribution < -0.4 is 18.9 Å². The van der Waals surface area contributed by atoms with Gasteiger partial charge >= 0.3 is 32.3 Å². The summed E-state index contributed by atoms with van der Waals surface area (Å²) in [6.45, 7) is 0.831. The van der Waals surface area contributed by atoms with Gasteiger partial charge in [0.1, 0.15) is 13.2 Å². The minimum atomic E-state index is -6.00. The predicted molar refractivity (Wildman–Crippen MR) is 27.5 cm³/mol. The van der Waals surface area contributed by atoms with E-state index in [9.17, 15) is 22.1 Å². The van der Waals surface area contributed by atoms with E-state index in [1.807, 2.05) is 0 Å². The maximum absolute atomic E-state index is 9.80. The predicted octanol–water partition coefficient (Wildman–Crippen LogP) is -1.54. The molecule has 9 heteroatoms. The van der Waals surface area contributed by atoms with Gasteiger partial charge in [-0.15, -0.1) is 0 Å². The summed E-state index contributed by atoms with van der Waals surface area (Å²) in [5.74, 6) is 0. The first-order chi connectivity index (χ1) is 4.89. The Kier molecular flexibility index (Phi) is 7.33. The van der Waals surface area contributed by atoms with E-state index < -0.39 is 13.4 Å². The van der Waals surface area contributed by atoms with Gasteiger partial charge in [0.05, 0.1) is 0 Å². The third-order valence-corrected chi connectivity index (χ3v) is 0.523. The SMILES string of the molecule is F[B-](F)(F)F.O=C1OCCO1.[Li+]. The first-order valence-electron chi connectivity index (χ1n) is 2.56. The summed E-state index contributed by atoms with van der Waals surface area (Å²) < 4.78 is 47.6. The van der Waals surface area contributed by atoms with Crippen LogP contribution in [0.2, 0.25) is 0 Å². The third kappa shape index (κ3) is 16.3. The zero-order valence-electron chi connectivity index (χ0n) is 6.23. The van der Waals surface area contributed by atoms with Crippen LogP contribution in [0.15, 0.2) is 0 Å². The molecular weight excluding hydrogens is 178 g/mol. The third-order valence-electron chi connectivity index (χ3n) is 0.523. The molecule has 0 aromatic carbocycles. The zero-order chi connectivity index (χ0) is 8.91. The second kappa shape index (κ2) is 6.20. The normalized spacial score (nSPS) is 14.8. The summed E-state index contributed by atoms with van der Waals surface area (Å²) in [5, 5.41) is 0. The number of carbonyl (C=O) groups excluding carboxylic acids is 1. The van der Waals surface area contributed by atoms with E-state index in [1.54, 1.807) is 0 Å². The topological polar surface area (TPSA) is 35.5 Å². The number of cyclic esters (lactones) is 2. The quantitative estimate of drug-likeness (QED) is 0.258. The first kappa shape index (κ1) is 14.2. The van der Waals surface area contributed by atoms with Gasteiger partial charge in [-0.25, -0.2) is 4.79 Å². The van der Waals surface area contributed by atoms with Crippen LogP contribution in [0.1, 0.15) is 0 Å². The minimum Gasteiger partial charge on any atom is -0.431 e. The van der Waals surface area contributed by atoms with Crippen molar-refractivity contribution in [2.45, 2.75) is 0 Å². The van der Waals surface area contributed by atoms with Crippen molar-refractivity contribution in [3.8, 4) is 0 Å². The van der Waals surface area contributed by atoms with E-state index in [0.29, 0.717) is 13.2 Å². The average Bonchev–Trinajstić information content (AvgIpc) is 2.12. The largest absolute Gasteiger partial charge is 1.00 e. The molecule has 1 saturated heterocycles. The van der Waals surface area contributed by atoms with Gasteiger partial charge in [-0.1, -0.05) is 0 Å². The molecular formula is C3H4BF4LiO3. The molecule has 0 spiro atoms. The second-order valence-electron chi connectivity index (χ2n) is 1.44. The molecule has 1 aliphatic heterocycles. The van der Waals surface area contributed by atoms with Crippen molar-refractivity contribution < 1.29 is 50.4 Å². The summed E-state index contributed by atoms with van der Waals surface area (Å²) in [7, 11) is -6.00. The fourth-order valence-electron chi connectivity index (χ4n) is 0.292. The smallest absolute Gasteiger partial charge is 0.431 e. The Balaban J connectivity index is 0. The summed E-state index contributed by atoms with van der Waals surface area (Å²) in [6, 6.07) is 0. The van der Waals surface area contributed by atoms with Crippen LogP contribution in [-0.2, 0) is 9.47 Å². The molecule has 1 rings (SSSR count). The molecule has 0 atom stereocenters. The summed E-state index contributed by atoms with van der Waals surface area (Å²) >= 11 is 0. The summed E-state index contributed by atoms with van der Waals surface area (Å²) in [5.41, 5.74) is 0. The fourth-order valence-corrected chi connectivity index (χ4v) is 0.292. The Morgan fingerprint density at radius 3 is 1.42 bits per heavy atom. The monoisotopic (exact) mass is 182 g/mol. The van der Waals surface area contributed by atoms with E-state index in [0.717, 1.165) is 0 Å². The maximum atomic E-state index is 9.80. The molecule has 0 amide bonds. The molecule has 0 N–H and O–H groups in total. The number of carbonyl (C=O) groups is 1. The van der Waals surface area contributed by atoms with Gasteiger partial charge in [0.2, 0.25) is 0 Å². The molecule has 3 nitrogen and oxygen atoms in total. The van der Waals surface area contributed by atoms with Crippen LogP contribution in [0.3, 0.4) is 0 Å². The van der Waals surface area contributed by atoms with Crippen LogP contribution >= 0.6 is 0 Å². The van der Waals surface area contributed by atoms with Gasteiger partial charge in [-0.2, -0.15) is 0 Å². The molecule has 0 aromatic rings. The zero-order valence-corrected chi connectivity index (χ0v) is 6.23. The van der Waals surface area contributed by atoms with E-state index in [4.69, 9.17) is 0 Å². The average molecular weight is 182 g/mol. The molecule has 1 aliphatic rings. The molecule has 12 heavy (non-hydrogen) atoms. The van der Waals surface area contributed by atoms with Gasteiger partial charge in [-0.3, -0.25) is 0 Å². The van der Waals surface area contributed by atoms with E-state index in [-0.39, 0.29) is 18.9 Å². The van der Waals surface area contributed by atoms with Gasteiger partial charge < -0.3 is 26.7 Å². The van der Waals surface area contributed by atoms with Crippen LogP contribution in [0, 0.1) is 0 Å². The number of hydrogen-bond acceptors (Lipinski definition) is 3. The second-order valence-corrected chi connectivity index (χ2v) is 1.44. The molecule has 0 saturated carbocycles. The number of halogens is 4. The van der Waals surface area contributed by atoms with E-state index in [1.165, 1.54) is 0 Å². The van der Waals surface area contributed by atoms with Gasteiger partial charge in [0.15, 0.2) is 0 Å². The van der Waals surface area contributed by atoms with Crippen molar-refractivity contribution in [1.29, 1.82) is 0 Å². The van der Waals surface area contributed by atoms with Crippen molar-refractivity contribution in [2.75, 3.05) is 13.2 Å². The molecule has 0 radical (unpaired) electrons. The Morgan fingerprint density at radius 1 is 1.08 bits per heavy atom. The Bertz CT molecular complexity index is 126. The molecule has 66 valence electrons. The first-order valence-corrected chi connectivity index (χ1v) is 2.56. The molecule has 1 heterocycles.